The average Bonchev–Trinajstić information content (AvgIpc) is 3.28. The van der Waals surface area contributed by atoms with Crippen molar-refractivity contribution in [3.8, 4) is 0 Å². The van der Waals surface area contributed by atoms with E-state index in [0.29, 0.717) is 0 Å². The second-order valence-corrected chi connectivity index (χ2v) is 9.99. The highest BCUT2D eigenvalue weighted by Crippen LogP contribution is 2.43. The van der Waals surface area contributed by atoms with Gasteiger partial charge >= 0.3 is 0 Å². The third kappa shape index (κ3) is 3.17. The van der Waals surface area contributed by atoms with Gasteiger partial charge in [0, 0.05) is 19.2 Å². The van der Waals surface area contributed by atoms with Crippen molar-refractivity contribution in [2.45, 2.75) is 26.7 Å². The summed E-state index contributed by atoms with van der Waals surface area (Å²) in [5, 5.41) is 2.90. The topological polar surface area (TPSA) is 0 Å². The number of aryl methyl sites for hydroxylation is 2. The van der Waals surface area contributed by atoms with Crippen LogP contribution in [0.2, 0.25) is 0 Å². The maximum Gasteiger partial charge on any atom is 0.0390 e. The second-order valence-electron chi connectivity index (χ2n) is 7.48. The maximum absolute atomic E-state index is 2.40. The van der Waals surface area contributed by atoms with Gasteiger partial charge in [0.15, 0.2) is 0 Å². The fourth-order valence-corrected chi connectivity index (χ4v) is 6.31. The molecule has 138 valence electrons. The van der Waals surface area contributed by atoms with E-state index in [1.54, 1.807) is 0 Å². The van der Waals surface area contributed by atoms with Crippen molar-refractivity contribution in [3.05, 3.63) is 105 Å². The Morgan fingerprint density at radius 2 is 0.964 bits per heavy atom. The van der Waals surface area contributed by atoms with Crippen LogP contribution in [0.3, 0.4) is 0 Å². The first kappa shape index (κ1) is 17.7. The Balaban J connectivity index is 1.77. The molecule has 0 fully saturated rings. The van der Waals surface area contributed by atoms with Crippen molar-refractivity contribution in [3.63, 3.8) is 0 Å². The van der Waals surface area contributed by atoms with Crippen LogP contribution in [-0.2, 0) is 12.8 Å². The highest BCUT2D eigenvalue weighted by Gasteiger charge is 2.18. The Morgan fingerprint density at radius 3 is 1.36 bits per heavy atom. The predicted octanol–water partition coefficient (Wildman–Crippen LogP) is 7.91. The third-order valence-electron chi connectivity index (χ3n) is 5.36. The molecule has 3 aromatic carbocycles. The minimum absolute atomic E-state index is 0.996. The molecular weight excluding hydrogens is 376 g/mol. The standard InChI is InChI=1S/C26H22S2/c1-17-13-21-23(15-19-9-5-3-6-10-19)26-22(14-18(2)28-26)24(25(21)27-17)16-20-11-7-4-8-12-20/h3-14H,15-16H2,1-2H3. The molecule has 0 bridgehead atoms. The van der Waals surface area contributed by atoms with E-state index in [-0.39, 0.29) is 0 Å². The fourth-order valence-electron chi connectivity index (χ4n) is 4.12. The van der Waals surface area contributed by atoms with E-state index < -0.39 is 0 Å². The summed E-state index contributed by atoms with van der Waals surface area (Å²) in [5.41, 5.74) is 5.76. The number of benzene rings is 3. The van der Waals surface area contributed by atoms with Gasteiger partial charge in [-0.25, -0.2) is 0 Å². The predicted molar refractivity (Wildman–Crippen MR) is 125 cm³/mol. The molecule has 0 nitrogen and oxygen atoms in total. The first-order chi connectivity index (χ1) is 13.7. The van der Waals surface area contributed by atoms with Crippen LogP contribution in [0.1, 0.15) is 32.0 Å². The van der Waals surface area contributed by atoms with Crippen LogP contribution in [0, 0.1) is 13.8 Å². The molecular formula is C26H22S2. The number of fused-ring (bicyclic) bond motifs is 2. The summed E-state index contributed by atoms with van der Waals surface area (Å²) in [6.07, 6.45) is 1.99. The minimum Gasteiger partial charge on any atom is -0.140 e. The zero-order valence-corrected chi connectivity index (χ0v) is 17.8. The van der Waals surface area contributed by atoms with Crippen molar-refractivity contribution in [2.24, 2.45) is 0 Å². The summed E-state index contributed by atoms with van der Waals surface area (Å²) < 4.78 is 2.94. The van der Waals surface area contributed by atoms with E-state index in [1.165, 1.54) is 52.2 Å². The Morgan fingerprint density at radius 1 is 0.571 bits per heavy atom. The van der Waals surface area contributed by atoms with Crippen LogP contribution in [0.4, 0.5) is 0 Å². The summed E-state index contributed by atoms with van der Waals surface area (Å²) in [5.74, 6) is 0. The van der Waals surface area contributed by atoms with E-state index in [9.17, 15) is 0 Å². The highest BCUT2D eigenvalue weighted by atomic mass is 32.1. The van der Waals surface area contributed by atoms with Crippen molar-refractivity contribution < 1.29 is 0 Å². The van der Waals surface area contributed by atoms with Gasteiger partial charge in [0.25, 0.3) is 0 Å². The van der Waals surface area contributed by atoms with E-state index in [2.05, 4.69) is 86.6 Å². The van der Waals surface area contributed by atoms with Crippen LogP contribution < -0.4 is 0 Å². The molecule has 0 aliphatic rings. The molecule has 2 aromatic heterocycles. The molecule has 0 spiro atoms. The van der Waals surface area contributed by atoms with Crippen LogP contribution in [0.15, 0.2) is 72.8 Å². The molecule has 5 rings (SSSR count). The number of hydrogen-bond acceptors (Lipinski definition) is 2. The first-order valence-corrected chi connectivity index (χ1v) is 11.3. The second kappa shape index (κ2) is 7.20. The summed E-state index contributed by atoms with van der Waals surface area (Å²) in [6.45, 7) is 4.48. The van der Waals surface area contributed by atoms with Crippen LogP contribution in [-0.4, -0.2) is 0 Å². The third-order valence-corrected chi connectivity index (χ3v) is 7.58. The molecule has 2 heteroatoms. The van der Waals surface area contributed by atoms with Gasteiger partial charge in [-0.2, -0.15) is 0 Å². The lowest BCUT2D eigenvalue weighted by molar-refractivity contribution is 1.22. The zero-order valence-electron chi connectivity index (χ0n) is 16.2. The largest absolute Gasteiger partial charge is 0.140 e. The van der Waals surface area contributed by atoms with Crippen molar-refractivity contribution in [2.75, 3.05) is 0 Å². The normalized spacial score (nSPS) is 11.5. The van der Waals surface area contributed by atoms with Crippen molar-refractivity contribution in [1.82, 2.24) is 0 Å². The molecule has 0 radical (unpaired) electrons. The molecule has 0 amide bonds. The molecule has 2 heterocycles. The summed E-state index contributed by atoms with van der Waals surface area (Å²) in [6, 6.07) is 26.6. The van der Waals surface area contributed by atoms with Crippen LogP contribution in [0.5, 0.6) is 0 Å². The first-order valence-electron chi connectivity index (χ1n) is 9.71. The Hall–Kier alpha value is -2.42. The Labute approximate surface area is 174 Å². The van der Waals surface area contributed by atoms with Crippen LogP contribution in [0.25, 0.3) is 20.2 Å². The molecule has 0 aliphatic carbocycles. The van der Waals surface area contributed by atoms with Gasteiger partial charge in [-0.15, -0.1) is 22.7 Å². The summed E-state index contributed by atoms with van der Waals surface area (Å²) >= 11 is 3.90. The molecule has 0 atom stereocenters. The van der Waals surface area contributed by atoms with E-state index in [4.69, 9.17) is 0 Å². The smallest absolute Gasteiger partial charge is 0.0390 e. The van der Waals surface area contributed by atoms with Gasteiger partial charge in [-0.3, -0.25) is 0 Å². The molecule has 5 aromatic rings. The lowest BCUT2D eigenvalue weighted by Gasteiger charge is -2.12. The lowest BCUT2D eigenvalue weighted by atomic mass is 9.94. The van der Waals surface area contributed by atoms with E-state index >= 15 is 0 Å². The van der Waals surface area contributed by atoms with Gasteiger partial charge in [-0.1, -0.05) is 60.7 Å². The van der Waals surface area contributed by atoms with Gasteiger partial charge in [0.1, 0.15) is 0 Å². The number of rotatable bonds is 4. The minimum atomic E-state index is 0.996. The monoisotopic (exact) mass is 398 g/mol. The molecule has 0 saturated heterocycles. The SMILES string of the molecule is Cc1cc2c(Cc3ccccc3)c3sc(C)cc3c(Cc3ccccc3)c2s1. The van der Waals surface area contributed by atoms with Gasteiger partial charge in [0.05, 0.1) is 0 Å². The van der Waals surface area contributed by atoms with Gasteiger partial charge in [0.2, 0.25) is 0 Å². The molecule has 0 unspecified atom stereocenters. The summed E-state index contributed by atoms with van der Waals surface area (Å²) in [7, 11) is 0. The van der Waals surface area contributed by atoms with Crippen molar-refractivity contribution in [1.29, 1.82) is 0 Å². The van der Waals surface area contributed by atoms with Gasteiger partial charge in [-0.05, 0) is 71.8 Å². The quantitative estimate of drug-likeness (QED) is 0.288. The molecule has 0 saturated carbocycles. The molecule has 0 aliphatic heterocycles. The molecule has 28 heavy (non-hydrogen) atoms. The zero-order chi connectivity index (χ0) is 19.1. The van der Waals surface area contributed by atoms with E-state index in [0.717, 1.165) is 12.8 Å². The highest BCUT2D eigenvalue weighted by molar-refractivity contribution is 7.21. The van der Waals surface area contributed by atoms with Crippen molar-refractivity contribution >= 4 is 42.8 Å². The lowest BCUT2D eigenvalue weighted by Crippen LogP contribution is -1.94. The molecule has 0 N–H and O–H groups in total. The maximum atomic E-state index is 2.40. The summed E-state index contributed by atoms with van der Waals surface area (Å²) in [4.78, 5) is 2.79. The number of hydrogen-bond donors (Lipinski definition) is 0. The number of thiophene rings is 2. The van der Waals surface area contributed by atoms with E-state index in [1.807, 2.05) is 22.7 Å². The fraction of sp³-hybridized carbons (Fsp3) is 0.154. The Bertz CT molecular complexity index is 1100. The Kier molecular flexibility index (Phi) is 4.54. The van der Waals surface area contributed by atoms with Crippen LogP contribution >= 0.6 is 22.7 Å². The van der Waals surface area contributed by atoms with Gasteiger partial charge < -0.3 is 0 Å². The average molecular weight is 399 g/mol.